The number of likely N-dealkylation sites (N-methyl/N-ethyl adjacent to an activating group) is 1. The van der Waals surface area contributed by atoms with Gasteiger partial charge in [-0.3, -0.25) is 4.72 Å². The number of benzene rings is 2. The molecule has 0 radical (unpaired) electrons. The van der Waals surface area contributed by atoms with Crippen molar-refractivity contribution in [3.63, 3.8) is 0 Å². The third-order valence-electron chi connectivity index (χ3n) is 7.13. The molecule has 1 saturated heterocycles. The highest BCUT2D eigenvalue weighted by Gasteiger charge is 2.21. The van der Waals surface area contributed by atoms with Crippen LogP contribution < -0.4 is 29.7 Å². The van der Waals surface area contributed by atoms with E-state index in [0.29, 0.717) is 41.2 Å². The number of sulfonamides is 1. The van der Waals surface area contributed by atoms with Crippen LogP contribution in [0.2, 0.25) is 5.02 Å². The number of aryl methyl sites for hydroxylation is 1. The number of nitrogens with zero attached hydrogens (tertiary/aromatic N) is 4. The summed E-state index contributed by atoms with van der Waals surface area (Å²) in [7, 11) is 0.251. The Labute approximate surface area is 246 Å². The molecule has 220 valence electrons. The average molecular weight is 602 g/mol. The molecule has 3 aliphatic heterocycles. The molecule has 6 rings (SSSR count). The zero-order valence-electron chi connectivity index (χ0n) is 23.5. The van der Waals surface area contributed by atoms with Crippen LogP contribution in [0.25, 0.3) is 0 Å². The van der Waals surface area contributed by atoms with Crippen LogP contribution in [-0.2, 0) is 16.4 Å². The first-order valence-corrected chi connectivity index (χ1v) is 15.9. The first-order chi connectivity index (χ1) is 19.7. The number of nitrogens with one attached hydrogen (secondary N) is 3. The van der Waals surface area contributed by atoms with Crippen LogP contribution in [0.3, 0.4) is 0 Å². The number of rotatable bonds is 4. The van der Waals surface area contributed by atoms with Crippen LogP contribution in [0.4, 0.5) is 34.5 Å². The fourth-order valence-electron chi connectivity index (χ4n) is 4.98. The Kier molecular flexibility index (Phi) is 8.91. The van der Waals surface area contributed by atoms with Crippen LogP contribution in [0.15, 0.2) is 36.5 Å². The van der Waals surface area contributed by atoms with Crippen molar-refractivity contribution in [2.24, 2.45) is 0 Å². The minimum absolute atomic E-state index is 0.272. The number of aromatic nitrogens is 2. The van der Waals surface area contributed by atoms with Gasteiger partial charge in [-0.25, -0.2) is 13.4 Å². The van der Waals surface area contributed by atoms with E-state index in [1.165, 1.54) is 17.4 Å². The molecule has 1 aromatic heterocycles. The SMILES string of the molecule is COc1cc(N2CCN(C)CC2)c2cc1Nc1ncc(Cl)c(n1)Nc1ccc(cc1NS(C)(=O)=O)OCCCCC2. The second-order valence-corrected chi connectivity index (χ2v) is 12.5. The van der Waals surface area contributed by atoms with Crippen molar-refractivity contribution in [3.8, 4) is 11.5 Å². The van der Waals surface area contributed by atoms with Crippen LogP contribution in [0.1, 0.15) is 24.8 Å². The molecular formula is C28H36ClN7O4S. The number of hydrogen-bond donors (Lipinski definition) is 3. The smallest absolute Gasteiger partial charge is 0.229 e. The van der Waals surface area contributed by atoms with Crippen molar-refractivity contribution in [1.29, 1.82) is 0 Å². The number of anilines is 6. The molecule has 0 aliphatic carbocycles. The summed E-state index contributed by atoms with van der Waals surface area (Å²) in [5.41, 5.74) is 3.96. The minimum Gasteiger partial charge on any atom is -0.494 e. The van der Waals surface area contributed by atoms with E-state index in [4.69, 9.17) is 21.1 Å². The van der Waals surface area contributed by atoms with E-state index >= 15 is 0 Å². The lowest BCUT2D eigenvalue weighted by Gasteiger charge is -2.35. The van der Waals surface area contributed by atoms with Crippen LogP contribution in [0.5, 0.6) is 11.5 Å². The topological polar surface area (TPSA) is 121 Å². The van der Waals surface area contributed by atoms with Crippen LogP contribution in [0, 0.1) is 0 Å². The van der Waals surface area contributed by atoms with E-state index in [9.17, 15) is 8.42 Å². The van der Waals surface area contributed by atoms with Crippen molar-refractivity contribution in [3.05, 3.63) is 47.1 Å². The Morgan fingerprint density at radius 3 is 2.61 bits per heavy atom. The van der Waals surface area contributed by atoms with Gasteiger partial charge in [0, 0.05) is 44.0 Å². The first-order valence-electron chi connectivity index (χ1n) is 13.6. The third-order valence-corrected chi connectivity index (χ3v) is 8.00. The second-order valence-electron chi connectivity index (χ2n) is 10.4. The lowest BCUT2D eigenvalue weighted by Crippen LogP contribution is -2.44. The Bertz CT molecular complexity index is 1500. The highest BCUT2D eigenvalue weighted by molar-refractivity contribution is 7.92. The molecule has 0 spiro atoms. The normalized spacial score (nSPS) is 16.5. The van der Waals surface area contributed by atoms with Crippen LogP contribution in [-0.4, -0.2) is 76.5 Å². The quantitative estimate of drug-likeness (QED) is 0.382. The van der Waals surface area contributed by atoms with Gasteiger partial charge in [-0.15, -0.1) is 0 Å². The number of halogens is 1. The fourth-order valence-corrected chi connectivity index (χ4v) is 5.68. The second kappa shape index (κ2) is 12.6. The maximum atomic E-state index is 12.1. The van der Waals surface area contributed by atoms with Crippen LogP contribution >= 0.6 is 11.6 Å². The zero-order valence-corrected chi connectivity index (χ0v) is 25.1. The van der Waals surface area contributed by atoms with E-state index in [1.807, 2.05) is 0 Å². The summed E-state index contributed by atoms with van der Waals surface area (Å²) in [5.74, 6) is 1.88. The summed E-state index contributed by atoms with van der Waals surface area (Å²) >= 11 is 6.45. The number of piperazine rings is 1. The Morgan fingerprint density at radius 1 is 1.05 bits per heavy atom. The summed E-state index contributed by atoms with van der Waals surface area (Å²) in [6.45, 7) is 4.45. The van der Waals surface area contributed by atoms with E-state index in [2.05, 4.69) is 54.3 Å². The summed E-state index contributed by atoms with van der Waals surface area (Å²) in [5, 5.41) is 6.73. The van der Waals surface area contributed by atoms with Gasteiger partial charge in [0.1, 0.15) is 16.5 Å². The van der Waals surface area contributed by atoms with Gasteiger partial charge in [0.2, 0.25) is 16.0 Å². The molecule has 4 heterocycles. The molecule has 13 heteroatoms. The molecule has 0 saturated carbocycles. The van der Waals surface area contributed by atoms with Crippen molar-refractivity contribution >= 4 is 56.1 Å². The van der Waals surface area contributed by atoms with Gasteiger partial charge in [-0.2, -0.15) is 4.98 Å². The molecule has 2 aromatic carbocycles. The molecule has 0 unspecified atom stereocenters. The van der Waals surface area contributed by atoms with Gasteiger partial charge in [0.25, 0.3) is 0 Å². The van der Waals surface area contributed by atoms with Gasteiger partial charge in [0.05, 0.1) is 43.2 Å². The summed E-state index contributed by atoms with van der Waals surface area (Å²) in [4.78, 5) is 13.8. The van der Waals surface area contributed by atoms with Crippen molar-refractivity contribution in [2.45, 2.75) is 25.7 Å². The van der Waals surface area contributed by atoms with E-state index in [0.717, 1.165) is 63.8 Å². The van der Waals surface area contributed by atoms with E-state index in [-0.39, 0.29) is 5.02 Å². The molecule has 0 atom stereocenters. The summed E-state index contributed by atoms with van der Waals surface area (Å²) in [6, 6.07) is 9.39. The molecule has 3 N–H and O–H groups in total. The fraction of sp³-hybridized carbons (Fsp3) is 0.429. The standard InChI is InChI=1S/C28H36ClN7O4S/c1-35-10-12-36(13-11-35)25-17-26(39-2)24-15-19(25)7-5-4-6-14-40-20-8-9-22(23(16-20)34-41(3,37)38)31-27-21(29)18-30-28(32-24)33-27/h8-9,15-18,34H,4-7,10-14H2,1-3H3,(H2,30,31,32,33). The molecule has 3 aliphatic rings. The monoisotopic (exact) mass is 601 g/mol. The average Bonchev–Trinajstić information content (AvgIpc) is 2.93. The molecule has 0 amide bonds. The Balaban J connectivity index is 1.53. The van der Waals surface area contributed by atoms with Gasteiger partial charge < -0.3 is 29.9 Å². The number of hydrogen-bond acceptors (Lipinski definition) is 10. The molecule has 6 bridgehead atoms. The molecular weight excluding hydrogens is 566 g/mol. The molecule has 41 heavy (non-hydrogen) atoms. The zero-order chi connectivity index (χ0) is 29.0. The maximum absolute atomic E-state index is 12.1. The lowest BCUT2D eigenvalue weighted by molar-refractivity contribution is 0.305. The third kappa shape index (κ3) is 7.43. The largest absolute Gasteiger partial charge is 0.494 e. The predicted molar refractivity (Wildman–Crippen MR) is 164 cm³/mol. The predicted octanol–water partition coefficient (Wildman–Crippen LogP) is 4.85. The minimum atomic E-state index is -3.56. The van der Waals surface area contributed by atoms with Gasteiger partial charge in [-0.05, 0) is 56.5 Å². The van der Waals surface area contributed by atoms with Crippen molar-refractivity contribution < 1.29 is 17.9 Å². The highest BCUT2D eigenvalue weighted by Crippen LogP contribution is 2.37. The van der Waals surface area contributed by atoms with Gasteiger partial charge in [-0.1, -0.05) is 11.6 Å². The molecule has 1 fully saturated rings. The number of methoxy groups -OCH3 is 1. The first kappa shape index (κ1) is 29.0. The highest BCUT2D eigenvalue weighted by atomic mass is 35.5. The van der Waals surface area contributed by atoms with Crippen molar-refractivity contribution in [1.82, 2.24) is 14.9 Å². The Morgan fingerprint density at radius 2 is 1.85 bits per heavy atom. The van der Waals surface area contributed by atoms with Gasteiger partial charge >= 0.3 is 0 Å². The molecule has 3 aromatic rings. The van der Waals surface area contributed by atoms with Gasteiger partial charge in [0.15, 0.2) is 5.82 Å². The lowest BCUT2D eigenvalue weighted by atomic mass is 10.0. The summed E-state index contributed by atoms with van der Waals surface area (Å²) in [6.07, 6.45) is 6.32. The maximum Gasteiger partial charge on any atom is 0.229 e. The Hall–Kier alpha value is -3.48. The van der Waals surface area contributed by atoms with E-state index < -0.39 is 10.0 Å². The number of ether oxygens (including phenoxy) is 2. The van der Waals surface area contributed by atoms with Crippen molar-refractivity contribution in [2.75, 3.05) is 73.5 Å². The van der Waals surface area contributed by atoms with E-state index in [1.54, 1.807) is 25.3 Å². The summed E-state index contributed by atoms with van der Waals surface area (Å²) < 4.78 is 38.5. The number of fused-ring (bicyclic) bond motifs is 7. The molecule has 11 nitrogen and oxygen atoms in total.